The van der Waals surface area contributed by atoms with Crippen LogP contribution in [0.5, 0.6) is 0 Å². The number of halogens is 1. The molecule has 1 fully saturated rings. The number of rotatable bonds is 2. The number of cyclic esters (lactones) is 1. The van der Waals surface area contributed by atoms with Gasteiger partial charge in [0.05, 0.1) is 5.92 Å². The van der Waals surface area contributed by atoms with E-state index in [1.807, 2.05) is 19.1 Å². The highest BCUT2D eigenvalue weighted by Gasteiger charge is 2.28. The van der Waals surface area contributed by atoms with Crippen LogP contribution >= 0.6 is 15.9 Å². The van der Waals surface area contributed by atoms with Gasteiger partial charge in [0, 0.05) is 11.4 Å². The average Bonchev–Trinajstić information content (AvgIpc) is 2.47. The highest BCUT2D eigenvalue weighted by atomic mass is 79.9. The van der Waals surface area contributed by atoms with E-state index in [-0.39, 0.29) is 11.9 Å². The van der Waals surface area contributed by atoms with Crippen LogP contribution in [0.1, 0.15) is 44.6 Å². The van der Waals surface area contributed by atoms with Gasteiger partial charge in [-0.05, 0) is 35.8 Å². The summed E-state index contributed by atoms with van der Waals surface area (Å²) in [6, 6.07) is 6.16. The van der Waals surface area contributed by atoms with Gasteiger partial charge < -0.3 is 4.74 Å². The number of hydrogen-bond donors (Lipinski definition) is 0. The van der Waals surface area contributed by atoms with Gasteiger partial charge >= 0.3 is 5.97 Å². The lowest BCUT2D eigenvalue weighted by Crippen LogP contribution is -2.33. The van der Waals surface area contributed by atoms with Crippen molar-refractivity contribution in [2.75, 3.05) is 0 Å². The van der Waals surface area contributed by atoms with Crippen LogP contribution in [0, 0.1) is 0 Å². The predicted octanol–water partition coefficient (Wildman–Crippen LogP) is 3.33. The molecule has 0 spiro atoms. The standard InChI is InChI=1S/C17H19BrO2/c1-3-6-12-7-5-8-15(14(12)4-2)16-10-9-13(11-18)20-17(16)19/h4-8,11,16H,3,9-10H2,1-2H3/b12-6-,13-11+,14-4+. The van der Waals surface area contributed by atoms with Gasteiger partial charge in [0.25, 0.3) is 0 Å². The number of ether oxygens (including phenoxy) is 1. The Morgan fingerprint density at radius 2 is 2.25 bits per heavy atom. The lowest BCUT2D eigenvalue weighted by molar-refractivity contribution is -0.143. The smallest absolute Gasteiger partial charge is 0.318 e. The van der Waals surface area contributed by atoms with Gasteiger partial charge in [-0.15, -0.1) is 0 Å². The summed E-state index contributed by atoms with van der Waals surface area (Å²) < 4.78 is 5.35. The maximum Gasteiger partial charge on any atom is 0.318 e. The number of allylic oxidation sites excluding steroid dienone is 1. The molecule has 0 aliphatic carbocycles. The zero-order valence-corrected chi connectivity index (χ0v) is 13.4. The van der Waals surface area contributed by atoms with Crippen LogP contribution in [0.3, 0.4) is 0 Å². The summed E-state index contributed by atoms with van der Waals surface area (Å²) in [5.41, 5.74) is 1.08. The number of carbonyl (C=O) groups is 1. The van der Waals surface area contributed by atoms with Gasteiger partial charge in [0.15, 0.2) is 0 Å². The highest BCUT2D eigenvalue weighted by Crippen LogP contribution is 2.29. The monoisotopic (exact) mass is 334 g/mol. The van der Waals surface area contributed by atoms with Crippen molar-refractivity contribution in [3.05, 3.63) is 44.9 Å². The van der Waals surface area contributed by atoms with Crippen molar-refractivity contribution in [3.63, 3.8) is 0 Å². The molecule has 1 unspecified atom stereocenters. The summed E-state index contributed by atoms with van der Waals surface area (Å²) in [6.45, 7) is 4.14. The van der Waals surface area contributed by atoms with Crippen molar-refractivity contribution in [3.8, 4) is 0 Å². The molecular weight excluding hydrogens is 316 g/mol. The first kappa shape index (κ1) is 15.0. The Morgan fingerprint density at radius 3 is 2.85 bits per heavy atom. The van der Waals surface area contributed by atoms with Gasteiger partial charge in [0.2, 0.25) is 0 Å². The average molecular weight is 335 g/mol. The van der Waals surface area contributed by atoms with Crippen LogP contribution in [0.2, 0.25) is 0 Å². The van der Waals surface area contributed by atoms with E-state index in [0.29, 0.717) is 5.76 Å². The van der Waals surface area contributed by atoms with Crippen molar-refractivity contribution in [1.29, 1.82) is 0 Å². The molecule has 1 aliphatic heterocycles. The van der Waals surface area contributed by atoms with Gasteiger partial charge in [0.1, 0.15) is 5.76 Å². The predicted molar refractivity (Wildman–Crippen MR) is 85.7 cm³/mol. The second-order valence-corrected chi connectivity index (χ2v) is 5.30. The Bertz CT molecular complexity index is 643. The second-order valence-electron chi connectivity index (χ2n) is 4.84. The molecule has 1 heterocycles. The van der Waals surface area contributed by atoms with Crippen molar-refractivity contribution in [1.82, 2.24) is 0 Å². The second kappa shape index (κ2) is 6.89. The number of benzene rings is 1. The number of esters is 1. The molecule has 0 amide bonds. The summed E-state index contributed by atoms with van der Waals surface area (Å²) in [4.78, 5) is 13.9. The highest BCUT2D eigenvalue weighted by molar-refractivity contribution is 9.11. The van der Waals surface area contributed by atoms with E-state index in [4.69, 9.17) is 4.74 Å². The molecule has 106 valence electrons. The maximum atomic E-state index is 12.2. The van der Waals surface area contributed by atoms with Gasteiger partial charge in [-0.1, -0.05) is 53.2 Å². The summed E-state index contributed by atoms with van der Waals surface area (Å²) in [7, 11) is 0. The molecule has 0 bridgehead atoms. The molecule has 3 heteroatoms. The van der Waals surface area contributed by atoms with E-state index in [9.17, 15) is 4.79 Å². The van der Waals surface area contributed by atoms with Gasteiger partial charge in [-0.2, -0.15) is 0 Å². The first-order chi connectivity index (χ1) is 9.71. The quantitative estimate of drug-likeness (QED) is 0.775. The minimum absolute atomic E-state index is 0.154. The van der Waals surface area contributed by atoms with Crippen molar-refractivity contribution < 1.29 is 9.53 Å². The first-order valence-electron chi connectivity index (χ1n) is 6.97. The Balaban J connectivity index is 2.47. The topological polar surface area (TPSA) is 26.3 Å². The fourth-order valence-electron chi connectivity index (χ4n) is 2.65. The van der Waals surface area contributed by atoms with Crippen molar-refractivity contribution >= 4 is 34.1 Å². The molecule has 0 aromatic heterocycles. The fraction of sp³-hybridized carbons (Fsp3) is 0.353. The maximum absolute atomic E-state index is 12.2. The molecule has 1 aromatic rings. The van der Waals surface area contributed by atoms with E-state index in [2.05, 4.69) is 41.1 Å². The van der Waals surface area contributed by atoms with Crippen LogP contribution in [0.15, 0.2) is 28.9 Å². The van der Waals surface area contributed by atoms with Crippen LogP contribution in [-0.2, 0) is 9.53 Å². The molecule has 0 N–H and O–H groups in total. The molecule has 0 radical (unpaired) electrons. The summed E-state index contributed by atoms with van der Waals surface area (Å²) in [5.74, 6) is 0.394. The summed E-state index contributed by atoms with van der Waals surface area (Å²) in [6.07, 6.45) is 6.84. The molecular formula is C17H19BrO2. The van der Waals surface area contributed by atoms with E-state index in [0.717, 1.165) is 30.0 Å². The van der Waals surface area contributed by atoms with E-state index < -0.39 is 0 Å². The van der Waals surface area contributed by atoms with E-state index >= 15 is 0 Å². The Hall–Kier alpha value is -1.35. The minimum atomic E-state index is -0.164. The lowest BCUT2D eigenvalue weighted by Gasteiger charge is -2.23. The van der Waals surface area contributed by atoms with Gasteiger partial charge in [-0.3, -0.25) is 4.79 Å². The third-order valence-corrected chi connectivity index (χ3v) is 4.09. The Labute approximate surface area is 128 Å². The minimum Gasteiger partial charge on any atom is -0.430 e. The largest absolute Gasteiger partial charge is 0.430 e. The zero-order valence-electron chi connectivity index (χ0n) is 11.9. The SMILES string of the molecule is C/C=c1/c(C2CC/C(=C\Br)OC2=O)ccc/c1=C/CC. The molecule has 2 rings (SSSR count). The van der Waals surface area contributed by atoms with E-state index in [1.54, 1.807) is 4.99 Å². The zero-order chi connectivity index (χ0) is 14.5. The van der Waals surface area contributed by atoms with E-state index in [1.165, 1.54) is 5.22 Å². The third-order valence-electron chi connectivity index (χ3n) is 3.58. The lowest BCUT2D eigenvalue weighted by atomic mass is 9.90. The first-order valence-corrected chi connectivity index (χ1v) is 7.89. The molecule has 2 nitrogen and oxygen atoms in total. The molecule has 0 saturated carbocycles. The van der Waals surface area contributed by atoms with Crippen LogP contribution < -0.4 is 10.4 Å². The molecule has 1 atom stereocenters. The summed E-state index contributed by atoms with van der Waals surface area (Å²) in [5, 5.41) is 2.35. The van der Waals surface area contributed by atoms with Crippen molar-refractivity contribution in [2.24, 2.45) is 0 Å². The summed E-state index contributed by atoms with van der Waals surface area (Å²) >= 11 is 3.22. The molecule has 20 heavy (non-hydrogen) atoms. The number of carbonyl (C=O) groups excluding carboxylic acids is 1. The Morgan fingerprint density at radius 1 is 1.45 bits per heavy atom. The number of hydrogen-bond acceptors (Lipinski definition) is 2. The normalized spacial score (nSPS) is 23.2. The fourth-order valence-corrected chi connectivity index (χ4v) is 2.97. The van der Waals surface area contributed by atoms with Gasteiger partial charge in [-0.25, -0.2) is 0 Å². The Kier molecular flexibility index (Phi) is 5.18. The van der Waals surface area contributed by atoms with Crippen LogP contribution in [-0.4, -0.2) is 5.97 Å². The molecule has 1 aromatic carbocycles. The van der Waals surface area contributed by atoms with Crippen molar-refractivity contribution in [2.45, 2.75) is 39.0 Å². The molecule has 1 saturated heterocycles. The molecule has 1 aliphatic rings. The van der Waals surface area contributed by atoms with Crippen LogP contribution in [0.4, 0.5) is 0 Å². The van der Waals surface area contributed by atoms with Crippen LogP contribution in [0.25, 0.3) is 12.2 Å². The third kappa shape index (κ3) is 3.04.